The van der Waals surface area contributed by atoms with Crippen molar-refractivity contribution in [3.8, 4) is 0 Å². The summed E-state index contributed by atoms with van der Waals surface area (Å²) in [6.07, 6.45) is 0.862. The summed E-state index contributed by atoms with van der Waals surface area (Å²) in [5, 5.41) is 0. The predicted octanol–water partition coefficient (Wildman–Crippen LogP) is 4.39. The molecular weight excluding hydrogens is 244 g/mol. The van der Waals surface area contributed by atoms with Crippen molar-refractivity contribution < 1.29 is 0 Å². The SMILES string of the molecule is Cc1ccc(C)c(Cc2nc3c(C)cc(C)cc3[nH]2)c1. The monoisotopic (exact) mass is 264 g/mol. The van der Waals surface area contributed by atoms with E-state index in [-0.39, 0.29) is 0 Å². The first-order valence-corrected chi connectivity index (χ1v) is 7.05. The van der Waals surface area contributed by atoms with Crippen LogP contribution in [0.1, 0.15) is 33.6 Å². The minimum Gasteiger partial charge on any atom is -0.342 e. The number of aromatic amines is 1. The van der Waals surface area contributed by atoms with Crippen LogP contribution in [0.2, 0.25) is 0 Å². The van der Waals surface area contributed by atoms with Gasteiger partial charge in [0.2, 0.25) is 0 Å². The molecule has 3 aromatic rings. The molecule has 20 heavy (non-hydrogen) atoms. The van der Waals surface area contributed by atoms with Gasteiger partial charge in [0, 0.05) is 6.42 Å². The number of imidazole rings is 1. The first-order chi connectivity index (χ1) is 9.52. The minimum absolute atomic E-state index is 0.862. The summed E-state index contributed by atoms with van der Waals surface area (Å²) in [5.74, 6) is 1.04. The van der Waals surface area contributed by atoms with E-state index < -0.39 is 0 Å². The van der Waals surface area contributed by atoms with Crippen LogP contribution in [0.5, 0.6) is 0 Å². The van der Waals surface area contributed by atoms with Crippen LogP contribution in [-0.2, 0) is 6.42 Å². The van der Waals surface area contributed by atoms with E-state index in [0.717, 1.165) is 23.3 Å². The van der Waals surface area contributed by atoms with E-state index in [0.29, 0.717) is 0 Å². The second-order valence-corrected chi connectivity index (χ2v) is 5.77. The Morgan fingerprint density at radius 2 is 1.70 bits per heavy atom. The highest BCUT2D eigenvalue weighted by molar-refractivity contribution is 5.79. The second kappa shape index (κ2) is 4.78. The van der Waals surface area contributed by atoms with Gasteiger partial charge in [-0.05, 0) is 56.0 Å². The van der Waals surface area contributed by atoms with Crippen LogP contribution in [0.25, 0.3) is 11.0 Å². The Balaban J connectivity index is 2.03. The molecule has 0 saturated carbocycles. The number of hydrogen-bond acceptors (Lipinski definition) is 1. The number of fused-ring (bicyclic) bond motifs is 1. The summed E-state index contributed by atoms with van der Waals surface area (Å²) in [5.41, 5.74) is 8.72. The fourth-order valence-corrected chi connectivity index (χ4v) is 2.78. The van der Waals surface area contributed by atoms with Gasteiger partial charge in [-0.2, -0.15) is 0 Å². The van der Waals surface area contributed by atoms with Crippen LogP contribution >= 0.6 is 0 Å². The van der Waals surface area contributed by atoms with Crippen molar-refractivity contribution in [1.82, 2.24) is 9.97 Å². The van der Waals surface area contributed by atoms with Crippen molar-refractivity contribution >= 4 is 11.0 Å². The molecule has 0 aliphatic rings. The number of H-pyrrole nitrogens is 1. The van der Waals surface area contributed by atoms with Crippen molar-refractivity contribution in [2.45, 2.75) is 34.1 Å². The summed E-state index contributed by atoms with van der Waals surface area (Å²) >= 11 is 0. The van der Waals surface area contributed by atoms with Crippen LogP contribution in [0, 0.1) is 27.7 Å². The lowest BCUT2D eigenvalue weighted by molar-refractivity contribution is 1.02. The van der Waals surface area contributed by atoms with Crippen LogP contribution in [0.15, 0.2) is 30.3 Å². The van der Waals surface area contributed by atoms with Gasteiger partial charge in [-0.15, -0.1) is 0 Å². The van der Waals surface area contributed by atoms with Crippen LogP contribution in [0.3, 0.4) is 0 Å². The Bertz CT molecular complexity index is 781. The Morgan fingerprint density at radius 1 is 0.900 bits per heavy atom. The van der Waals surface area contributed by atoms with Gasteiger partial charge >= 0.3 is 0 Å². The molecule has 0 spiro atoms. The Kier molecular flexibility index (Phi) is 3.09. The van der Waals surface area contributed by atoms with E-state index >= 15 is 0 Å². The van der Waals surface area contributed by atoms with Gasteiger partial charge in [-0.1, -0.05) is 29.8 Å². The molecule has 0 atom stereocenters. The number of nitrogens with one attached hydrogen (secondary N) is 1. The molecule has 0 unspecified atom stereocenters. The highest BCUT2D eigenvalue weighted by Crippen LogP contribution is 2.20. The maximum atomic E-state index is 4.76. The summed E-state index contributed by atoms with van der Waals surface area (Å²) in [7, 11) is 0. The fourth-order valence-electron chi connectivity index (χ4n) is 2.78. The van der Waals surface area contributed by atoms with Crippen molar-refractivity contribution in [1.29, 1.82) is 0 Å². The number of aryl methyl sites for hydroxylation is 4. The Labute approximate surface area is 119 Å². The first kappa shape index (κ1) is 12.9. The molecule has 0 aliphatic carbocycles. The van der Waals surface area contributed by atoms with E-state index in [9.17, 15) is 0 Å². The normalized spacial score (nSPS) is 11.2. The third kappa shape index (κ3) is 2.34. The van der Waals surface area contributed by atoms with Gasteiger partial charge in [0.25, 0.3) is 0 Å². The predicted molar refractivity (Wildman–Crippen MR) is 84.3 cm³/mol. The third-order valence-corrected chi connectivity index (χ3v) is 3.83. The van der Waals surface area contributed by atoms with Gasteiger partial charge in [0.05, 0.1) is 11.0 Å². The fraction of sp³-hybridized carbons (Fsp3) is 0.278. The largest absolute Gasteiger partial charge is 0.342 e. The maximum absolute atomic E-state index is 4.76. The topological polar surface area (TPSA) is 28.7 Å². The summed E-state index contributed by atoms with van der Waals surface area (Å²) < 4.78 is 0. The molecule has 0 fully saturated rings. The van der Waals surface area contributed by atoms with E-state index in [1.807, 2.05) is 0 Å². The highest BCUT2D eigenvalue weighted by Gasteiger charge is 2.08. The van der Waals surface area contributed by atoms with Crippen LogP contribution in [0.4, 0.5) is 0 Å². The molecule has 1 N–H and O–H groups in total. The number of nitrogens with zero attached hydrogens (tertiary/aromatic N) is 1. The minimum atomic E-state index is 0.862. The van der Waals surface area contributed by atoms with E-state index in [4.69, 9.17) is 4.98 Å². The summed E-state index contributed by atoms with van der Waals surface area (Å²) in [6, 6.07) is 10.9. The van der Waals surface area contributed by atoms with Gasteiger partial charge < -0.3 is 4.98 Å². The number of hydrogen-bond donors (Lipinski definition) is 1. The van der Waals surface area contributed by atoms with Gasteiger partial charge in [-0.25, -0.2) is 4.98 Å². The lowest BCUT2D eigenvalue weighted by atomic mass is 10.0. The Morgan fingerprint density at radius 3 is 2.50 bits per heavy atom. The van der Waals surface area contributed by atoms with Crippen LogP contribution in [-0.4, -0.2) is 9.97 Å². The Hall–Kier alpha value is -2.09. The quantitative estimate of drug-likeness (QED) is 0.730. The first-order valence-electron chi connectivity index (χ1n) is 7.05. The molecule has 0 saturated heterocycles. The lowest BCUT2D eigenvalue weighted by Crippen LogP contribution is -1.94. The highest BCUT2D eigenvalue weighted by atomic mass is 14.9. The second-order valence-electron chi connectivity index (χ2n) is 5.77. The molecule has 0 radical (unpaired) electrons. The third-order valence-electron chi connectivity index (χ3n) is 3.83. The molecule has 0 aliphatic heterocycles. The summed E-state index contributed by atoms with van der Waals surface area (Å²) in [6.45, 7) is 8.54. The van der Waals surface area contributed by atoms with Crippen molar-refractivity contribution in [2.75, 3.05) is 0 Å². The zero-order chi connectivity index (χ0) is 14.3. The smallest absolute Gasteiger partial charge is 0.111 e. The average Bonchev–Trinajstić information content (AvgIpc) is 2.76. The van der Waals surface area contributed by atoms with Gasteiger partial charge in [0.15, 0.2) is 0 Å². The van der Waals surface area contributed by atoms with Crippen molar-refractivity contribution in [3.63, 3.8) is 0 Å². The molecule has 3 rings (SSSR count). The van der Waals surface area contributed by atoms with Crippen LogP contribution < -0.4 is 0 Å². The van der Waals surface area contributed by atoms with Gasteiger partial charge in [-0.3, -0.25) is 0 Å². The van der Waals surface area contributed by atoms with Crippen molar-refractivity contribution in [2.24, 2.45) is 0 Å². The lowest BCUT2D eigenvalue weighted by Gasteiger charge is -2.04. The summed E-state index contributed by atoms with van der Waals surface area (Å²) in [4.78, 5) is 8.23. The molecular formula is C18H20N2. The van der Waals surface area contributed by atoms with E-state index in [1.165, 1.54) is 27.8 Å². The number of aromatic nitrogens is 2. The number of benzene rings is 2. The van der Waals surface area contributed by atoms with E-state index in [2.05, 4.69) is 63.0 Å². The molecule has 102 valence electrons. The maximum Gasteiger partial charge on any atom is 0.111 e. The molecule has 0 amide bonds. The molecule has 2 aromatic carbocycles. The average molecular weight is 264 g/mol. The van der Waals surface area contributed by atoms with Gasteiger partial charge in [0.1, 0.15) is 5.82 Å². The van der Waals surface area contributed by atoms with Crippen molar-refractivity contribution in [3.05, 3.63) is 64.0 Å². The number of rotatable bonds is 2. The molecule has 1 aromatic heterocycles. The standard InChI is InChI=1S/C18H20N2/c1-11-5-6-13(3)15(8-11)10-17-19-16-9-12(2)7-14(4)18(16)20-17/h5-9H,10H2,1-4H3,(H,19,20). The molecule has 2 heteroatoms. The molecule has 2 nitrogen and oxygen atoms in total. The zero-order valence-corrected chi connectivity index (χ0v) is 12.5. The molecule has 1 heterocycles. The zero-order valence-electron chi connectivity index (χ0n) is 12.5. The van der Waals surface area contributed by atoms with E-state index in [1.54, 1.807) is 0 Å². The molecule has 0 bridgehead atoms.